The number of carbonyl (C=O) groups excluding carboxylic acids is 1. The van der Waals surface area contributed by atoms with E-state index in [9.17, 15) is 18.0 Å². The van der Waals surface area contributed by atoms with E-state index in [1.807, 2.05) is 0 Å². The van der Waals surface area contributed by atoms with Gasteiger partial charge in [0.15, 0.2) is 0 Å². The number of alkyl halides is 2. The third-order valence-electron chi connectivity index (χ3n) is 1.59. The average molecular weight is 188 g/mol. The van der Waals surface area contributed by atoms with Crippen LogP contribution in [0.25, 0.3) is 0 Å². The van der Waals surface area contributed by atoms with Crippen molar-refractivity contribution in [3.63, 3.8) is 0 Å². The molecule has 0 heterocycles. The largest absolute Gasteiger partial charge is 0.303 e. The van der Waals surface area contributed by atoms with E-state index >= 15 is 0 Å². The number of benzene rings is 1. The molecule has 13 heavy (non-hydrogen) atoms. The second kappa shape index (κ2) is 3.60. The van der Waals surface area contributed by atoms with Gasteiger partial charge in [0.2, 0.25) is 0 Å². The highest BCUT2D eigenvalue weighted by molar-refractivity contribution is 5.52. The summed E-state index contributed by atoms with van der Waals surface area (Å²) in [6, 6.07) is 4.07. The Hall–Kier alpha value is -1.32. The van der Waals surface area contributed by atoms with Crippen molar-refractivity contribution in [3.8, 4) is 0 Å². The smallest absolute Gasteiger partial charge is 0.279 e. The Morgan fingerprint density at radius 3 is 2.62 bits per heavy atom. The van der Waals surface area contributed by atoms with Crippen LogP contribution in [0.15, 0.2) is 24.3 Å². The topological polar surface area (TPSA) is 17.1 Å². The first-order valence-electron chi connectivity index (χ1n) is 3.64. The zero-order valence-electron chi connectivity index (χ0n) is 6.64. The van der Waals surface area contributed by atoms with Gasteiger partial charge < -0.3 is 4.79 Å². The molecule has 1 rings (SSSR count). The van der Waals surface area contributed by atoms with Crippen molar-refractivity contribution in [2.24, 2.45) is 0 Å². The highest BCUT2D eigenvalue weighted by atomic mass is 19.3. The molecular weight excluding hydrogens is 181 g/mol. The number of hydrogen-bond donors (Lipinski definition) is 0. The lowest BCUT2D eigenvalue weighted by molar-refractivity contribution is -0.115. The molecule has 0 bridgehead atoms. The van der Waals surface area contributed by atoms with Gasteiger partial charge in [0, 0.05) is 5.56 Å². The summed E-state index contributed by atoms with van der Waals surface area (Å²) in [5.41, 5.74) is -0.473. The summed E-state index contributed by atoms with van der Waals surface area (Å²) in [6.07, 6.45) is -0.804. The van der Waals surface area contributed by atoms with E-state index in [-0.39, 0.29) is 6.29 Å². The average Bonchev–Trinajstić information content (AvgIpc) is 2.04. The van der Waals surface area contributed by atoms with Crippen molar-refractivity contribution in [2.75, 3.05) is 0 Å². The monoisotopic (exact) mass is 188 g/mol. The summed E-state index contributed by atoms with van der Waals surface area (Å²) >= 11 is 0. The standard InChI is InChI=1S/C9H7F3O/c10-8-3-1-2-7(6-8)9(11,12)4-5-13/h1-3,5-6H,4H2. The van der Waals surface area contributed by atoms with Crippen molar-refractivity contribution in [3.05, 3.63) is 35.6 Å². The normalized spacial score (nSPS) is 11.3. The van der Waals surface area contributed by atoms with Crippen molar-refractivity contribution in [1.82, 2.24) is 0 Å². The van der Waals surface area contributed by atoms with Gasteiger partial charge in [-0.25, -0.2) is 13.2 Å². The maximum absolute atomic E-state index is 12.9. The molecule has 0 amide bonds. The van der Waals surface area contributed by atoms with E-state index < -0.39 is 23.7 Å². The Morgan fingerprint density at radius 2 is 2.08 bits per heavy atom. The molecule has 0 aromatic heterocycles. The van der Waals surface area contributed by atoms with Crippen LogP contribution in [0.1, 0.15) is 12.0 Å². The molecular formula is C9H7F3O. The first-order chi connectivity index (χ1) is 6.06. The highest BCUT2D eigenvalue weighted by Crippen LogP contribution is 2.30. The quantitative estimate of drug-likeness (QED) is 0.666. The summed E-state index contributed by atoms with van der Waals surface area (Å²) in [4.78, 5) is 9.90. The Morgan fingerprint density at radius 1 is 1.38 bits per heavy atom. The third-order valence-corrected chi connectivity index (χ3v) is 1.59. The molecule has 0 aliphatic carbocycles. The Bertz CT molecular complexity index is 309. The van der Waals surface area contributed by atoms with Crippen LogP contribution >= 0.6 is 0 Å². The summed E-state index contributed by atoms with van der Waals surface area (Å²) in [7, 11) is 0. The van der Waals surface area contributed by atoms with Crippen molar-refractivity contribution >= 4 is 6.29 Å². The van der Waals surface area contributed by atoms with Crippen molar-refractivity contribution < 1.29 is 18.0 Å². The first kappa shape index (κ1) is 9.77. The fourth-order valence-corrected chi connectivity index (χ4v) is 0.939. The number of carbonyl (C=O) groups is 1. The van der Waals surface area contributed by atoms with Crippen molar-refractivity contribution in [2.45, 2.75) is 12.3 Å². The fourth-order valence-electron chi connectivity index (χ4n) is 0.939. The van der Waals surface area contributed by atoms with Crippen LogP contribution < -0.4 is 0 Å². The second-order valence-corrected chi connectivity index (χ2v) is 2.59. The Balaban J connectivity index is 2.99. The maximum atomic E-state index is 12.9. The van der Waals surface area contributed by atoms with E-state index in [1.54, 1.807) is 0 Å². The van der Waals surface area contributed by atoms with Gasteiger partial charge in [0.1, 0.15) is 12.1 Å². The lowest BCUT2D eigenvalue weighted by Crippen LogP contribution is -2.13. The van der Waals surface area contributed by atoms with Crippen LogP contribution in [0, 0.1) is 5.82 Å². The number of hydrogen-bond acceptors (Lipinski definition) is 1. The van der Waals surface area contributed by atoms with Gasteiger partial charge in [0.05, 0.1) is 6.42 Å². The van der Waals surface area contributed by atoms with E-state index in [2.05, 4.69) is 0 Å². The predicted octanol–water partition coefficient (Wildman–Crippen LogP) is 2.51. The third kappa shape index (κ3) is 2.31. The Kier molecular flexibility index (Phi) is 2.70. The van der Waals surface area contributed by atoms with E-state index in [0.29, 0.717) is 0 Å². The lowest BCUT2D eigenvalue weighted by Gasteiger charge is -2.12. The maximum Gasteiger partial charge on any atom is 0.279 e. The van der Waals surface area contributed by atoms with Gasteiger partial charge in [-0.05, 0) is 12.1 Å². The molecule has 0 saturated heterocycles. The number of halogens is 3. The molecule has 4 heteroatoms. The van der Waals surface area contributed by atoms with Gasteiger partial charge in [-0.3, -0.25) is 0 Å². The number of aldehydes is 1. The molecule has 0 spiro atoms. The van der Waals surface area contributed by atoms with Gasteiger partial charge in [-0.15, -0.1) is 0 Å². The van der Waals surface area contributed by atoms with Crippen LogP contribution in [0.4, 0.5) is 13.2 Å². The summed E-state index contributed by atoms with van der Waals surface area (Å²) in [5.74, 6) is -4.01. The summed E-state index contributed by atoms with van der Waals surface area (Å²) in [5, 5.41) is 0. The molecule has 0 aliphatic rings. The molecule has 0 fully saturated rings. The van der Waals surface area contributed by atoms with Crippen LogP contribution in [-0.2, 0) is 10.7 Å². The number of rotatable bonds is 3. The predicted molar refractivity (Wildman–Crippen MR) is 41.0 cm³/mol. The Labute approximate surface area is 73.2 Å². The van der Waals surface area contributed by atoms with E-state index in [1.165, 1.54) is 6.07 Å². The lowest BCUT2D eigenvalue weighted by atomic mass is 10.1. The van der Waals surface area contributed by atoms with Gasteiger partial charge in [-0.1, -0.05) is 12.1 Å². The molecule has 0 atom stereocenters. The first-order valence-corrected chi connectivity index (χ1v) is 3.64. The van der Waals surface area contributed by atoms with Crippen LogP contribution in [0.3, 0.4) is 0 Å². The molecule has 0 radical (unpaired) electrons. The molecule has 70 valence electrons. The van der Waals surface area contributed by atoms with Gasteiger partial charge >= 0.3 is 0 Å². The van der Waals surface area contributed by atoms with Crippen LogP contribution in [0.2, 0.25) is 0 Å². The van der Waals surface area contributed by atoms with E-state index in [4.69, 9.17) is 0 Å². The SMILES string of the molecule is O=CCC(F)(F)c1cccc(F)c1. The minimum Gasteiger partial charge on any atom is -0.303 e. The van der Waals surface area contributed by atoms with Gasteiger partial charge in [-0.2, -0.15) is 0 Å². The molecule has 1 aromatic carbocycles. The van der Waals surface area contributed by atoms with Crippen LogP contribution in [0.5, 0.6) is 0 Å². The fraction of sp³-hybridized carbons (Fsp3) is 0.222. The summed E-state index contributed by atoms with van der Waals surface area (Å²) in [6.45, 7) is 0. The zero-order chi connectivity index (χ0) is 9.90. The van der Waals surface area contributed by atoms with Crippen LogP contribution in [-0.4, -0.2) is 6.29 Å². The molecule has 0 unspecified atom stereocenters. The molecule has 1 nitrogen and oxygen atoms in total. The molecule has 1 aromatic rings. The molecule has 0 N–H and O–H groups in total. The molecule has 0 saturated carbocycles. The van der Waals surface area contributed by atoms with Crippen molar-refractivity contribution in [1.29, 1.82) is 0 Å². The highest BCUT2D eigenvalue weighted by Gasteiger charge is 2.30. The second-order valence-electron chi connectivity index (χ2n) is 2.59. The minimum atomic E-state index is -3.27. The summed E-state index contributed by atoms with van der Waals surface area (Å²) < 4.78 is 38.4. The van der Waals surface area contributed by atoms with E-state index in [0.717, 1.165) is 18.2 Å². The minimum absolute atomic E-state index is 0.116. The molecule has 0 aliphatic heterocycles. The van der Waals surface area contributed by atoms with Gasteiger partial charge in [0.25, 0.3) is 5.92 Å². The zero-order valence-corrected chi connectivity index (χ0v) is 6.64.